The Morgan fingerprint density at radius 1 is 0.929 bits per heavy atom. The topological polar surface area (TPSA) is 24.4 Å². The molecule has 2 heteroatoms. The van der Waals surface area contributed by atoms with Crippen LogP contribution < -0.4 is 5.43 Å². The van der Waals surface area contributed by atoms with Gasteiger partial charge < -0.3 is 5.43 Å². The summed E-state index contributed by atoms with van der Waals surface area (Å²) >= 11 is 0. The largest absolute Gasteiger partial charge is 0.310 e. The van der Waals surface area contributed by atoms with Crippen LogP contribution in [0.2, 0.25) is 0 Å². The van der Waals surface area contributed by atoms with Crippen molar-refractivity contribution in [2.75, 3.05) is 6.54 Å². The first-order chi connectivity index (χ1) is 13.4. The van der Waals surface area contributed by atoms with E-state index < -0.39 is 0 Å². The second kappa shape index (κ2) is 7.95. The molecule has 7 unspecified atom stereocenters. The average molecular weight is 387 g/mol. The first-order valence-electron chi connectivity index (χ1n) is 12.6. The third-order valence-corrected chi connectivity index (χ3v) is 10.3. The molecule has 1 N–H and O–H groups in total. The molecule has 0 radical (unpaired) electrons. The Morgan fingerprint density at radius 2 is 1.71 bits per heavy atom. The lowest BCUT2D eigenvalue weighted by Gasteiger charge is -2.57. The number of nitrogens with one attached hydrogen (secondary N) is 1. The highest BCUT2D eigenvalue weighted by Crippen LogP contribution is 2.65. The maximum atomic E-state index is 4.41. The molecular formula is C26H46N2. The highest BCUT2D eigenvalue weighted by molar-refractivity contribution is 5.78. The minimum atomic E-state index is 0.618. The maximum Gasteiger partial charge on any atom is 0.0332 e. The second-order valence-electron chi connectivity index (χ2n) is 11.9. The van der Waals surface area contributed by atoms with E-state index in [1.54, 1.807) is 19.3 Å². The minimum Gasteiger partial charge on any atom is -0.310 e. The van der Waals surface area contributed by atoms with Crippen LogP contribution >= 0.6 is 0 Å². The molecule has 0 aromatic heterocycles. The molecule has 160 valence electrons. The molecule has 0 aliphatic heterocycles. The fourth-order valence-corrected chi connectivity index (χ4v) is 8.54. The van der Waals surface area contributed by atoms with Gasteiger partial charge in [-0.15, -0.1) is 0 Å². The monoisotopic (exact) mass is 386 g/mol. The second-order valence-corrected chi connectivity index (χ2v) is 11.9. The van der Waals surface area contributed by atoms with Crippen LogP contribution in [0, 0.1) is 46.3 Å². The lowest BCUT2D eigenvalue weighted by molar-refractivity contribution is -0.0787. The van der Waals surface area contributed by atoms with Crippen molar-refractivity contribution in [3.05, 3.63) is 0 Å². The Kier molecular flexibility index (Phi) is 5.89. The molecule has 28 heavy (non-hydrogen) atoms. The zero-order chi connectivity index (χ0) is 19.9. The number of hydrazone groups is 1. The van der Waals surface area contributed by atoms with Crippen LogP contribution in [0.4, 0.5) is 0 Å². The van der Waals surface area contributed by atoms with E-state index in [1.807, 2.05) is 0 Å². The average Bonchev–Trinajstić information content (AvgIpc) is 3.01. The molecule has 0 spiro atoms. The molecule has 0 heterocycles. The van der Waals surface area contributed by atoms with Gasteiger partial charge in [0.1, 0.15) is 0 Å². The van der Waals surface area contributed by atoms with Crippen LogP contribution in [-0.2, 0) is 0 Å². The highest BCUT2D eigenvalue weighted by atomic mass is 15.3. The third kappa shape index (κ3) is 3.67. The molecule has 8 atom stereocenters. The van der Waals surface area contributed by atoms with Crippen LogP contribution in [0.3, 0.4) is 0 Å². The smallest absolute Gasteiger partial charge is 0.0332 e. The summed E-state index contributed by atoms with van der Waals surface area (Å²) in [5.74, 6) is 6.20. The summed E-state index contributed by atoms with van der Waals surface area (Å²) in [6.07, 6.45) is 16.4. The van der Waals surface area contributed by atoms with Crippen LogP contribution in [-0.4, -0.2) is 12.3 Å². The maximum absolute atomic E-state index is 4.41. The fourth-order valence-electron chi connectivity index (χ4n) is 8.54. The summed E-state index contributed by atoms with van der Waals surface area (Å²) < 4.78 is 0. The minimum absolute atomic E-state index is 0.618. The number of fused-ring (bicyclic) bond motifs is 5. The lowest BCUT2D eigenvalue weighted by Crippen LogP contribution is -2.49. The van der Waals surface area contributed by atoms with Gasteiger partial charge in [0.05, 0.1) is 0 Å². The molecule has 0 saturated heterocycles. The number of nitrogens with zero attached hydrogens (tertiary/aromatic N) is 1. The predicted molar refractivity (Wildman–Crippen MR) is 120 cm³/mol. The van der Waals surface area contributed by atoms with Crippen LogP contribution in [0.15, 0.2) is 5.10 Å². The predicted octanol–water partition coefficient (Wildman–Crippen LogP) is 7.05. The first kappa shape index (κ1) is 20.7. The van der Waals surface area contributed by atoms with Gasteiger partial charge >= 0.3 is 0 Å². The zero-order valence-electron chi connectivity index (χ0n) is 19.4. The van der Waals surface area contributed by atoms with Gasteiger partial charge in [-0.05, 0) is 124 Å². The molecule has 4 aliphatic carbocycles. The molecule has 4 rings (SSSR count). The summed E-state index contributed by atoms with van der Waals surface area (Å²) in [5, 5.41) is 4.41. The van der Waals surface area contributed by atoms with Crippen molar-refractivity contribution in [1.82, 2.24) is 5.43 Å². The summed E-state index contributed by atoms with van der Waals surface area (Å²) in [6.45, 7) is 12.9. The fraction of sp³-hybridized carbons (Fsp3) is 0.962. The van der Waals surface area contributed by atoms with Crippen LogP contribution in [0.1, 0.15) is 105 Å². The molecular weight excluding hydrogens is 340 g/mol. The molecule has 0 aromatic rings. The van der Waals surface area contributed by atoms with Gasteiger partial charge in [0.15, 0.2) is 0 Å². The van der Waals surface area contributed by atoms with Gasteiger partial charge in [0.2, 0.25) is 0 Å². The van der Waals surface area contributed by atoms with Crippen molar-refractivity contribution in [1.29, 1.82) is 0 Å². The Morgan fingerprint density at radius 3 is 2.46 bits per heavy atom. The Hall–Kier alpha value is -0.530. The molecule has 0 aromatic carbocycles. The highest BCUT2D eigenvalue weighted by Gasteiger charge is 2.57. The molecule has 4 saturated carbocycles. The van der Waals surface area contributed by atoms with E-state index in [1.165, 1.54) is 51.4 Å². The molecule has 4 fully saturated rings. The van der Waals surface area contributed by atoms with E-state index in [0.29, 0.717) is 10.8 Å². The summed E-state index contributed by atoms with van der Waals surface area (Å²) in [7, 11) is 0. The summed E-state index contributed by atoms with van der Waals surface area (Å²) in [6, 6.07) is 0. The van der Waals surface area contributed by atoms with E-state index >= 15 is 0 Å². The standard InChI is InChI=1S/C26H46N2/c1-6-25(4)14-11-21-19(17-25)7-9-23-22(21)12-15-26(5)20(8-10-24(23)26)13-16-27-28-18(2)3/h19-24,27H,6-17H2,1-5H3/t19?,20?,21?,22?,23?,24?,25-,26?/m0/s1. The Labute approximate surface area is 174 Å². The molecule has 0 amide bonds. The number of hydrogen-bond acceptors (Lipinski definition) is 2. The normalized spacial score (nSPS) is 47.6. The molecule has 2 nitrogen and oxygen atoms in total. The van der Waals surface area contributed by atoms with E-state index in [-0.39, 0.29) is 0 Å². The van der Waals surface area contributed by atoms with Gasteiger partial charge in [-0.1, -0.05) is 27.2 Å². The van der Waals surface area contributed by atoms with Crippen molar-refractivity contribution < 1.29 is 0 Å². The van der Waals surface area contributed by atoms with E-state index in [2.05, 4.69) is 45.1 Å². The van der Waals surface area contributed by atoms with Gasteiger partial charge in [-0.2, -0.15) is 5.10 Å². The number of rotatable bonds is 5. The van der Waals surface area contributed by atoms with Gasteiger partial charge in [-0.25, -0.2) is 0 Å². The van der Waals surface area contributed by atoms with Crippen molar-refractivity contribution in [3.63, 3.8) is 0 Å². The van der Waals surface area contributed by atoms with Crippen molar-refractivity contribution in [3.8, 4) is 0 Å². The van der Waals surface area contributed by atoms with Crippen molar-refractivity contribution in [2.24, 2.45) is 51.4 Å². The SMILES string of the molecule is CC[C@@]1(C)CCC2C(CCC3C2CCC2(C)C(CCNN=C(C)C)CCC32)C1. The summed E-state index contributed by atoms with van der Waals surface area (Å²) in [4.78, 5) is 0. The molecule has 4 aliphatic rings. The first-order valence-corrected chi connectivity index (χ1v) is 12.6. The van der Waals surface area contributed by atoms with E-state index in [9.17, 15) is 0 Å². The summed E-state index contributed by atoms with van der Waals surface area (Å²) in [5.41, 5.74) is 5.73. The van der Waals surface area contributed by atoms with Gasteiger partial charge in [0, 0.05) is 12.3 Å². The number of hydrogen-bond donors (Lipinski definition) is 1. The van der Waals surface area contributed by atoms with Crippen LogP contribution in [0.5, 0.6) is 0 Å². The van der Waals surface area contributed by atoms with Gasteiger partial charge in [0.25, 0.3) is 0 Å². The van der Waals surface area contributed by atoms with Crippen molar-refractivity contribution >= 4 is 5.71 Å². The zero-order valence-corrected chi connectivity index (χ0v) is 19.4. The van der Waals surface area contributed by atoms with E-state index in [4.69, 9.17) is 0 Å². The third-order valence-electron chi connectivity index (χ3n) is 10.3. The quantitative estimate of drug-likeness (QED) is 0.305. The van der Waals surface area contributed by atoms with Crippen molar-refractivity contribution in [2.45, 2.75) is 105 Å². The molecule has 0 bridgehead atoms. The van der Waals surface area contributed by atoms with Crippen LogP contribution in [0.25, 0.3) is 0 Å². The Balaban J connectivity index is 1.40. The van der Waals surface area contributed by atoms with E-state index in [0.717, 1.165) is 47.8 Å². The van der Waals surface area contributed by atoms with Gasteiger partial charge in [-0.3, -0.25) is 0 Å². The lowest BCUT2D eigenvalue weighted by atomic mass is 9.48. The Bertz CT molecular complexity index is 579.